The molecular weight excluding hydrogens is 252 g/mol. The number of carbonyl (C=O) groups is 1. The van der Waals surface area contributed by atoms with Crippen molar-refractivity contribution >= 4 is 24.0 Å². The van der Waals surface area contributed by atoms with Crippen LogP contribution in [0.25, 0.3) is 0 Å². The van der Waals surface area contributed by atoms with Crippen LogP contribution in [0.2, 0.25) is 0 Å². The van der Waals surface area contributed by atoms with Crippen molar-refractivity contribution in [1.82, 2.24) is 5.32 Å². The molecule has 0 radical (unpaired) electrons. The van der Waals surface area contributed by atoms with Gasteiger partial charge in [-0.15, -0.1) is 12.4 Å². The van der Waals surface area contributed by atoms with Gasteiger partial charge in [-0.2, -0.15) is 0 Å². The number of likely N-dealkylation sites (N-methyl/N-ethyl adjacent to an activating group) is 1. The number of nitrogens with one attached hydrogen (secondary N) is 2. The highest BCUT2D eigenvalue weighted by Gasteiger charge is 2.06. The van der Waals surface area contributed by atoms with E-state index in [9.17, 15) is 4.79 Å². The second-order valence-corrected chi connectivity index (χ2v) is 3.78. The molecule has 0 heterocycles. The Kier molecular flexibility index (Phi) is 9.06. The Hall–Kier alpha value is -1.26. The highest BCUT2D eigenvalue weighted by atomic mass is 35.5. The normalized spacial score (nSPS) is 9.44. The van der Waals surface area contributed by atoms with Gasteiger partial charge < -0.3 is 15.4 Å². The molecule has 1 aromatic carbocycles. The molecule has 18 heavy (non-hydrogen) atoms. The van der Waals surface area contributed by atoms with Gasteiger partial charge in [0.25, 0.3) is 0 Å². The van der Waals surface area contributed by atoms with Gasteiger partial charge in [-0.05, 0) is 25.6 Å². The molecule has 0 saturated heterocycles. The highest BCUT2D eigenvalue weighted by Crippen LogP contribution is 2.23. The van der Waals surface area contributed by atoms with E-state index in [4.69, 9.17) is 4.74 Å². The molecule has 0 aliphatic rings. The molecular formula is C13H21ClN2O2. The minimum absolute atomic E-state index is 0. The van der Waals surface area contributed by atoms with Crippen molar-refractivity contribution in [2.24, 2.45) is 0 Å². The van der Waals surface area contributed by atoms with E-state index in [1.807, 2.05) is 24.3 Å². The molecule has 0 spiro atoms. The van der Waals surface area contributed by atoms with E-state index in [1.165, 1.54) is 0 Å². The fourth-order valence-corrected chi connectivity index (χ4v) is 1.38. The maximum atomic E-state index is 11.5. The zero-order chi connectivity index (χ0) is 12.5. The predicted molar refractivity (Wildman–Crippen MR) is 76.6 cm³/mol. The Bertz CT molecular complexity index is 359. The summed E-state index contributed by atoms with van der Waals surface area (Å²) < 4.78 is 5.62. The minimum Gasteiger partial charge on any atom is -0.491 e. The molecule has 1 aromatic rings. The van der Waals surface area contributed by atoms with Gasteiger partial charge in [0.1, 0.15) is 5.75 Å². The zero-order valence-electron chi connectivity index (χ0n) is 10.9. The maximum Gasteiger partial charge on any atom is 0.238 e. The molecule has 102 valence electrons. The van der Waals surface area contributed by atoms with Crippen LogP contribution in [0, 0.1) is 0 Å². The standard InChI is InChI=1S/C13H20N2O2.ClH/c1-3-4-9-17-12-8-6-5-7-11(12)15-13(16)10-14-2;/h5-8,14H,3-4,9-10H2,1-2H3,(H,15,16);1H. The summed E-state index contributed by atoms with van der Waals surface area (Å²) in [6.45, 7) is 3.09. The van der Waals surface area contributed by atoms with Crippen LogP contribution >= 0.6 is 12.4 Å². The summed E-state index contributed by atoms with van der Waals surface area (Å²) in [6.07, 6.45) is 2.10. The number of para-hydroxylation sites is 2. The molecule has 0 atom stereocenters. The van der Waals surface area contributed by atoms with E-state index in [0.29, 0.717) is 13.2 Å². The Morgan fingerprint density at radius 3 is 2.72 bits per heavy atom. The van der Waals surface area contributed by atoms with Gasteiger partial charge in [-0.3, -0.25) is 4.79 Å². The first kappa shape index (κ1) is 16.7. The first-order chi connectivity index (χ1) is 8.27. The summed E-state index contributed by atoms with van der Waals surface area (Å²) >= 11 is 0. The van der Waals surface area contributed by atoms with Gasteiger partial charge in [-0.25, -0.2) is 0 Å². The summed E-state index contributed by atoms with van der Waals surface area (Å²) in [5, 5.41) is 5.62. The average Bonchev–Trinajstić information content (AvgIpc) is 2.32. The number of hydrogen-bond donors (Lipinski definition) is 2. The Balaban J connectivity index is 0.00000289. The number of carbonyl (C=O) groups excluding carboxylic acids is 1. The largest absolute Gasteiger partial charge is 0.491 e. The summed E-state index contributed by atoms with van der Waals surface area (Å²) in [4.78, 5) is 11.5. The minimum atomic E-state index is -0.0703. The number of halogens is 1. The third-order valence-electron chi connectivity index (χ3n) is 2.25. The van der Waals surface area contributed by atoms with Gasteiger partial charge in [0.05, 0.1) is 18.8 Å². The van der Waals surface area contributed by atoms with Gasteiger partial charge >= 0.3 is 0 Å². The summed E-state index contributed by atoms with van der Waals surface area (Å²) in [5.41, 5.74) is 0.726. The molecule has 1 amide bonds. The molecule has 1 rings (SSSR count). The molecule has 2 N–H and O–H groups in total. The number of benzene rings is 1. The van der Waals surface area contributed by atoms with Gasteiger partial charge in [0.15, 0.2) is 0 Å². The Labute approximate surface area is 115 Å². The Morgan fingerprint density at radius 1 is 1.33 bits per heavy atom. The molecule has 5 heteroatoms. The molecule has 0 aliphatic carbocycles. The maximum absolute atomic E-state index is 11.5. The molecule has 0 fully saturated rings. The van der Waals surface area contributed by atoms with Crippen molar-refractivity contribution in [1.29, 1.82) is 0 Å². The van der Waals surface area contributed by atoms with Crippen molar-refractivity contribution in [3.8, 4) is 5.75 Å². The second kappa shape index (κ2) is 9.74. The lowest BCUT2D eigenvalue weighted by Gasteiger charge is -2.11. The molecule has 0 unspecified atom stereocenters. The van der Waals surface area contributed by atoms with E-state index in [-0.39, 0.29) is 18.3 Å². The number of ether oxygens (including phenoxy) is 1. The fourth-order valence-electron chi connectivity index (χ4n) is 1.38. The number of anilines is 1. The van der Waals surface area contributed by atoms with Crippen molar-refractivity contribution in [2.75, 3.05) is 25.5 Å². The smallest absolute Gasteiger partial charge is 0.238 e. The van der Waals surface area contributed by atoms with Crippen LogP contribution < -0.4 is 15.4 Å². The van der Waals surface area contributed by atoms with E-state index in [1.54, 1.807) is 7.05 Å². The van der Waals surface area contributed by atoms with Crippen molar-refractivity contribution < 1.29 is 9.53 Å². The first-order valence-corrected chi connectivity index (χ1v) is 5.94. The lowest BCUT2D eigenvalue weighted by atomic mass is 10.3. The van der Waals surface area contributed by atoms with Gasteiger partial charge in [0, 0.05) is 0 Å². The molecule has 4 nitrogen and oxygen atoms in total. The highest BCUT2D eigenvalue weighted by molar-refractivity contribution is 5.93. The van der Waals surface area contributed by atoms with Gasteiger partial charge in [-0.1, -0.05) is 25.5 Å². The van der Waals surface area contributed by atoms with Crippen LogP contribution in [0.4, 0.5) is 5.69 Å². The van der Waals surface area contributed by atoms with Crippen LogP contribution in [0.1, 0.15) is 19.8 Å². The number of rotatable bonds is 7. The van der Waals surface area contributed by atoms with Gasteiger partial charge in [0.2, 0.25) is 5.91 Å². The van der Waals surface area contributed by atoms with E-state index >= 15 is 0 Å². The van der Waals surface area contributed by atoms with Crippen molar-refractivity contribution in [2.45, 2.75) is 19.8 Å². The Morgan fingerprint density at radius 2 is 2.06 bits per heavy atom. The lowest BCUT2D eigenvalue weighted by Crippen LogP contribution is -2.25. The SMILES string of the molecule is CCCCOc1ccccc1NC(=O)CNC.Cl. The number of unbranched alkanes of at least 4 members (excludes halogenated alkanes) is 1. The summed E-state index contributed by atoms with van der Waals surface area (Å²) in [5.74, 6) is 0.657. The third-order valence-corrected chi connectivity index (χ3v) is 2.25. The molecule has 0 bridgehead atoms. The van der Waals surface area contributed by atoms with Crippen LogP contribution in [-0.2, 0) is 4.79 Å². The molecule has 0 saturated carbocycles. The third kappa shape index (κ3) is 5.89. The topological polar surface area (TPSA) is 50.4 Å². The van der Waals surface area contributed by atoms with Crippen LogP contribution in [0.5, 0.6) is 5.75 Å². The summed E-state index contributed by atoms with van der Waals surface area (Å²) in [7, 11) is 1.74. The average molecular weight is 273 g/mol. The predicted octanol–water partition coefficient (Wildman–Crippen LogP) is 2.45. The van der Waals surface area contributed by atoms with Crippen molar-refractivity contribution in [3.63, 3.8) is 0 Å². The van der Waals surface area contributed by atoms with Crippen LogP contribution in [0.15, 0.2) is 24.3 Å². The van der Waals surface area contributed by atoms with E-state index in [0.717, 1.165) is 24.3 Å². The number of hydrogen-bond acceptors (Lipinski definition) is 3. The second-order valence-electron chi connectivity index (χ2n) is 3.78. The summed E-state index contributed by atoms with van der Waals surface area (Å²) in [6, 6.07) is 7.48. The van der Waals surface area contributed by atoms with Crippen molar-refractivity contribution in [3.05, 3.63) is 24.3 Å². The zero-order valence-corrected chi connectivity index (χ0v) is 11.7. The first-order valence-electron chi connectivity index (χ1n) is 5.94. The van der Waals surface area contributed by atoms with E-state index in [2.05, 4.69) is 17.6 Å². The number of amides is 1. The van der Waals surface area contributed by atoms with Crippen LogP contribution in [-0.4, -0.2) is 26.1 Å². The quantitative estimate of drug-likeness (QED) is 0.750. The monoisotopic (exact) mass is 272 g/mol. The molecule has 0 aliphatic heterocycles. The molecule has 0 aromatic heterocycles. The van der Waals surface area contributed by atoms with Crippen LogP contribution in [0.3, 0.4) is 0 Å². The fraction of sp³-hybridized carbons (Fsp3) is 0.462. The van der Waals surface area contributed by atoms with E-state index < -0.39 is 0 Å². The lowest BCUT2D eigenvalue weighted by molar-refractivity contribution is -0.115.